The van der Waals surface area contributed by atoms with Gasteiger partial charge in [-0.1, -0.05) is 37.8 Å². The molecule has 0 aliphatic heterocycles. The molecule has 2 atom stereocenters. The standard InChI is InChI=1S/C15H27N/c1-16-15(14-11-7-4-8-12-14)13-9-5-2-3-6-10-13/h4,7,13-16H,2-3,5-6,8-12H2,1H3. The molecule has 0 aromatic rings. The average Bonchev–Trinajstić information content (AvgIpc) is 2.61. The Labute approximate surface area is 101 Å². The topological polar surface area (TPSA) is 12.0 Å². The minimum Gasteiger partial charge on any atom is -0.316 e. The van der Waals surface area contributed by atoms with Gasteiger partial charge in [0.25, 0.3) is 0 Å². The van der Waals surface area contributed by atoms with Gasteiger partial charge in [0.2, 0.25) is 0 Å². The van der Waals surface area contributed by atoms with Crippen LogP contribution >= 0.6 is 0 Å². The largest absolute Gasteiger partial charge is 0.316 e. The van der Waals surface area contributed by atoms with Crippen molar-refractivity contribution in [3.8, 4) is 0 Å². The zero-order chi connectivity index (χ0) is 11.2. The molecule has 0 aromatic carbocycles. The Morgan fingerprint density at radius 2 is 1.69 bits per heavy atom. The van der Waals surface area contributed by atoms with Crippen LogP contribution in [0.25, 0.3) is 0 Å². The second kappa shape index (κ2) is 6.44. The molecule has 1 saturated carbocycles. The first-order valence-corrected chi connectivity index (χ1v) is 7.24. The predicted molar refractivity (Wildman–Crippen MR) is 70.5 cm³/mol. The van der Waals surface area contributed by atoms with Gasteiger partial charge in [0, 0.05) is 6.04 Å². The van der Waals surface area contributed by atoms with Gasteiger partial charge >= 0.3 is 0 Å². The zero-order valence-electron chi connectivity index (χ0n) is 10.8. The maximum Gasteiger partial charge on any atom is 0.0124 e. The summed E-state index contributed by atoms with van der Waals surface area (Å²) in [5.41, 5.74) is 0. The molecular formula is C15H27N. The maximum absolute atomic E-state index is 3.64. The lowest BCUT2D eigenvalue weighted by atomic mass is 9.78. The Morgan fingerprint density at radius 3 is 2.25 bits per heavy atom. The Balaban J connectivity index is 1.93. The van der Waals surface area contributed by atoms with E-state index in [1.54, 1.807) is 0 Å². The lowest BCUT2D eigenvalue weighted by molar-refractivity contribution is 0.234. The molecule has 1 nitrogen and oxygen atoms in total. The molecule has 0 heterocycles. The highest BCUT2D eigenvalue weighted by Crippen LogP contribution is 2.32. The molecule has 0 aromatic heterocycles. The molecule has 2 aliphatic carbocycles. The van der Waals surface area contributed by atoms with Crippen molar-refractivity contribution < 1.29 is 0 Å². The van der Waals surface area contributed by atoms with Crippen molar-refractivity contribution in [2.24, 2.45) is 11.8 Å². The molecule has 1 heteroatoms. The molecule has 2 aliphatic rings. The van der Waals surface area contributed by atoms with Crippen molar-refractivity contribution in [1.82, 2.24) is 5.32 Å². The van der Waals surface area contributed by atoms with Gasteiger partial charge in [-0.05, 0) is 51.0 Å². The number of nitrogens with one attached hydrogen (secondary N) is 1. The van der Waals surface area contributed by atoms with Crippen molar-refractivity contribution in [3.05, 3.63) is 12.2 Å². The Bertz CT molecular complexity index is 213. The van der Waals surface area contributed by atoms with Crippen molar-refractivity contribution in [1.29, 1.82) is 0 Å². The fraction of sp³-hybridized carbons (Fsp3) is 0.867. The van der Waals surface area contributed by atoms with E-state index in [9.17, 15) is 0 Å². The van der Waals surface area contributed by atoms with Gasteiger partial charge in [0.05, 0.1) is 0 Å². The van der Waals surface area contributed by atoms with Crippen LogP contribution < -0.4 is 5.32 Å². The smallest absolute Gasteiger partial charge is 0.0124 e. The number of rotatable bonds is 3. The average molecular weight is 221 g/mol. The van der Waals surface area contributed by atoms with E-state index in [0.717, 1.165) is 17.9 Å². The molecule has 0 amide bonds. The molecule has 0 spiro atoms. The molecule has 0 bridgehead atoms. The molecular weight excluding hydrogens is 194 g/mol. The molecule has 2 unspecified atom stereocenters. The van der Waals surface area contributed by atoms with Crippen molar-refractivity contribution >= 4 is 0 Å². The van der Waals surface area contributed by atoms with E-state index in [2.05, 4.69) is 24.5 Å². The van der Waals surface area contributed by atoms with Crippen LogP contribution in [0, 0.1) is 11.8 Å². The highest BCUT2D eigenvalue weighted by atomic mass is 14.9. The first kappa shape index (κ1) is 12.2. The fourth-order valence-corrected chi connectivity index (χ4v) is 3.67. The summed E-state index contributed by atoms with van der Waals surface area (Å²) in [6, 6.07) is 0.781. The van der Waals surface area contributed by atoms with Crippen LogP contribution in [0.3, 0.4) is 0 Å². The second-order valence-corrected chi connectivity index (χ2v) is 5.61. The predicted octanol–water partition coefficient (Wildman–Crippen LogP) is 3.90. The molecule has 1 fully saturated rings. The van der Waals surface area contributed by atoms with Crippen LogP contribution in [0.15, 0.2) is 12.2 Å². The summed E-state index contributed by atoms with van der Waals surface area (Å²) in [5, 5.41) is 3.64. The third-order valence-corrected chi connectivity index (χ3v) is 4.56. The quantitative estimate of drug-likeness (QED) is 0.563. The van der Waals surface area contributed by atoms with Crippen LogP contribution in [0.2, 0.25) is 0 Å². The Morgan fingerprint density at radius 1 is 0.938 bits per heavy atom. The Kier molecular flexibility index (Phi) is 4.90. The van der Waals surface area contributed by atoms with E-state index in [1.807, 2.05) is 0 Å². The van der Waals surface area contributed by atoms with Crippen LogP contribution in [0.1, 0.15) is 57.8 Å². The van der Waals surface area contributed by atoms with Crippen LogP contribution in [0.4, 0.5) is 0 Å². The van der Waals surface area contributed by atoms with Crippen molar-refractivity contribution in [3.63, 3.8) is 0 Å². The third-order valence-electron chi connectivity index (χ3n) is 4.56. The van der Waals surface area contributed by atoms with E-state index in [4.69, 9.17) is 0 Å². The second-order valence-electron chi connectivity index (χ2n) is 5.61. The summed E-state index contributed by atoms with van der Waals surface area (Å²) in [7, 11) is 2.17. The van der Waals surface area contributed by atoms with Gasteiger partial charge in [-0.15, -0.1) is 0 Å². The molecule has 0 saturated heterocycles. The van der Waals surface area contributed by atoms with Gasteiger partial charge in [-0.25, -0.2) is 0 Å². The van der Waals surface area contributed by atoms with Crippen LogP contribution in [-0.2, 0) is 0 Å². The minimum atomic E-state index is 0.781. The fourth-order valence-electron chi connectivity index (χ4n) is 3.67. The van der Waals surface area contributed by atoms with E-state index in [-0.39, 0.29) is 0 Å². The van der Waals surface area contributed by atoms with Gasteiger partial charge in [-0.2, -0.15) is 0 Å². The van der Waals surface area contributed by atoms with Gasteiger partial charge in [0.1, 0.15) is 0 Å². The SMILES string of the molecule is CNC(C1CC=CCC1)C1CCCCCC1. The van der Waals surface area contributed by atoms with Gasteiger partial charge in [-0.3, -0.25) is 0 Å². The summed E-state index contributed by atoms with van der Waals surface area (Å²) < 4.78 is 0. The monoisotopic (exact) mass is 221 g/mol. The van der Waals surface area contributed by atoms with E-state index in [0.29, 0.717) is 0 Å². The number of hydrogen-bond acceptors (Lipinski definition) is 1. The summed E-state index contributed by atoms with van der Waals surface area (Å²) in [6.45, 7) is 0. The number of hydrogen-bond donors (Lipinski definition) is 1. The highest BCUT2D eigenvalue weighted by Gasteiger charge is 2.28. The van der Waals surface area contributed by atoms with Crippen molar-refractivity contribution in [2.45, 2.75) is 63.8 Å². The van der Waals surface area contributed by atoms with E-state index >= 15 is 0 Å². The molecule has 1 N–H and O–H groups in total. The summed E-state index contributed by atoms with van der Waals surface area (Å²) in [6.07, 6.45) is 17.6. The Hall–Kier alpha value is -0.300. The molecule has 2 rings (SSSR count). The first-order valence-electron chi connectivity index (χ1n) is 7.24. The minimum absolute atomic E-state index is 0.781. The normalized spacial score (nSPS) is 29.9. The lowest BCUT2D eigenvalue weighted by Crippen LogP contribution is -2.40. The van der Waals surface area contributed by atoms with Crippen LogP contribution in [0.5, 0.6) is 0 Å². The van der Waals surface area contributed by atoms with E-state index in [1.165, 1.54) is 57.8 Å². The summed E-state index contributed by atoms with van der Waals surface area (Å²) in [4.78, 5) is 0. The number of allylic oxidation sites excluding steroid dienone is 2. The first-order chi connectivity index (χ1) is 7.92. The maximum atomic E-state index is 3.64. The molecule has 16 heavy (non-hydrogen) atoms. The lowest BCUT2D eigenvalue weighted by Gasteiger charge is -2.34. The van der Waals surface area contributed by atoms with Gasteiger partial charge < -0.3 is 5.32 Å². The van der Waals surface area contributed by atoms with Gasteiger partial charge in [0.15, 0.2) is 0 Å². The molecule has 92 valence electrons. The third kappa shape index (κ3) is 3.10. The van der Waals surface area contributed by atoms with Crippen molar-refractivity contribution in [2.75, 3.05) is 7.05 Å². The summed E-state index contributed by atoms with van der Waals surface area (Å²) in [5.74, 6) is 1.85. The highest BCUT2D eigenvalue weighted by molar-refractivity contribution is 4.95. The van der Waals surface area contributed by atoms with E-state index < -0.39 is 0 Å². The summed E-state index contributed by atoms with van der Waals surface area (Å²) >= 11 is 0. The zero-order valence-corrected chi connectivity index (χ0v) is 10.8. The van der Waals surface area contributed by atoms with Crippen LogP contribution in [-0.4, -0.2) is 13.1 Å². The molecule has 0 radical (unpaired) electrons.